The number of hydrogen-bond acceptors (Lipinski definition) is 1. The maximum atomic E-state index is 14.4. The highest BCUT2D eigenvalue weighted by atomic mass is 19.1. The lowest BCUT2D eigenvalue weighted by Gasteiger charge is -2.39. The lowest BCUT2D eigenvalue weighted by Crippen LogP contribution is -2.42. The molecule has 0 aromatic heterocycles. The molecule has 1 heterocycles. The average Bonchev–Trinajstić information content (AvgIpc) is 2.56. The molecule has 0 bridgehead atoms. The first-order chi connectivity index (χ1) is 10.6. The van der Waals surface area contributed by atoms with Gasteiger partial charge in [-0.15, -0.1) is 0 Å². The summed E-state index contributed by atoms with van der Waals surface area (Å²) in [6, 6.07) is 12.1. The van der Waals surface area contributed by atoms with Gasteiger partial charge in [-0.3, -0.25) is 0 Å². The first-order valence-electron chi connectivity index (χ1n) is 7.49. The number of nitrogens with zero attached hydrogens (tertiary/aromatic N) is 1. The molecule has 2 aromatic carbocycles. The fourth-order valence-electron chi connectivity index (χ4n) is 3.29. The molecule has 2 nitrogen and oxygen atoms in total. The van der Waals surface area contributed by atoms with Crippen LogP contribution in [0, 0.1) is 17.6 Å². The topological polar surface area (TPSA) is 34.3 Å². The molecule has 1 aliphatic rings. The standard InChI is InChI=1S/C18H18F2NO/c19-16-7-3-1-5-14(16)18(22,13-9-11-21-12-10-13)15-6-2-4-8-17(15)20/h1-8,13,22H,9-12H2. The predicted molar refractivity (Wildman–Crippen MR) is 80.4 cm³/mol. The SMILES string of the molecule is OC(c1ccccc1F)(c1ccccc1F)C1CC[N]CC1. The van der Waals surface area contributed by atoms with E-state index in [1.165, 1.54) is 24.3 Å². The Labute approximate surface area is 128 Å². The summed E-state index contributed by atoms with van der Waals surface area (Å²) in [6.45, 7) is 1.21. The molecule has 1 radical (unpaired) electrons. The van der Waals surface area contributed by atoms with Crippen molar-refractivity contribution in [1.29, 1.82) is 0 Å². The van der Waals surface area contributed by atoms with E-state index in [2.05, 4.69) is 5.32 Å². The van der Waals surface area contributed by atoms with E-state index in [1.54, 1.807) is 24.3 Å². The Kier molecular flexibility index (Phi) is 4.23. The number of benzene rings is 2. The van der Waals surface area contributed by atoms with Crippen molar-refractivity contribution in [3.8, 4) is 0 Å². The van der Waals surface area contributed by atoms with Crippen LogP contribution in [0.15, 0.2) is 48.5 Å². The maximum absolute atomic E-state index is 14.4. The third kappa shape index (κ3) is 2.53. The Morgan fingerprint density at radius 2 is 1.32 bits per heavy atom. The van der Waals surface area contributed by atoms with Crippen LogP contribution in [-0.4, -0.2) is 18.2 Å². The molecule has 0 spiro atoms. The lowest BCUT2D eigenvalue weighted by molar-refractivity contribution is -0.00387. The predicted octanol–water partition coefficient (Wildman–Crippen LogP) is 3.22. The van der Waals surface area contributed by atoms with Crippen LogP contribution in [-0.2, 0) is 5.60 Å². The zero-order valence-electron chi connectivity index (χ0n) is 12.2. The average molecular weight is 302 g/mol. The van der Waals surface area contributed by atoms with E-state index in [4.69, 9.17) is 0 Å². The van der Waals surface area contributed by atoms with Gasteiger partial charge in [-0.25, -0.2) is 14.1 Å². The zero-order chi connectivity index (χ0) is 15.6. The number of hydrogen-bond donors (Lipinski definition) is 1. The molecular weight excluding hydrogens is 284 g/mol. The minimum atomic E-state index is -1.67. The van der Waals surface area contributed by atoms with Crippen LogP contribution in [0.25, 0.3) is 0 Å². The summed E-state index contributed by atoms with van der Waals surface area (Å²) < 4.78 is 28.7. The molecule has 0 aliphatic carbocycles. The largest absolute Gasteiger partial charge is 0.380 e. The van der Waals surface area contributed by atoms with Crippen LogP contribution in [0.3, 0.4) is 0 Å². The maximum Gasteiger partial charge on any atom is 0.129 e. The molecule has 1 N–H and O–H groups in total. The Balaban J connectivity index is 2.18. The molecule has 4 heteroatoms. The van der Waals surface area contributed by atoms with Crippen LogP contribution < -0.4 is 5.32 Å². The Hall–Kier alpha value is -1.78. The smallest absolute Gasteiger partial charge is 0.129 e. The third-order valence-electron chi connectivity index (χ3n) is 4.43. The van der Waals surface area contributed by atoms with Crippen LogP contribution >= 0.6 is 0 Å². The minimum Gasteiger partial charge on any atom is -0.380 e. The van der Waals surface area contributed by atoms with Gasteiger partial charge in [0.1, 0.15) is 17.2 Å². The monoisotopic (exact) mass is 302 g/mol. The van der Waals surface area contributed by atoms with E-state index in [-0.39, 0.29) is 17.0 Å². The summed E-state index contributed by atoms with van der Waals surface area (Å²) >= 11 is 0. The summed E-state index contributed by atoms with van der Waals surface area (Å²) in [4.78, 5) is 0. The van der Waals surface area contributed by atoms with Gasteiger partial charge in [0, 0.05) is 24.2 Å². The number of aliphatic hydroxyl groups is 1. The van der Waals surface area contributed by atoms with Crippen LogP contribution in [0.5, 0.6) is 0 Å². The highest BCUT2D eigenvalue weighted by Gasteiger charge is 2.43. The molecule has 1 aliphatic heterocycles. The van der Waals surface area contributed by atoms with E-state index >= 15 is 0 Å². The lowest BCUT2D eigenvalue weighted by atomic mass is 9.72. The van der Waals surface area contributed by atoms with Gasteiger partial charge in [-0.1, -0.05) is 36.4 Å². The highest BCUT2D eigenvalue weighted by molar-refractivity contribution is 5.38. The number of halogens is 2. The van der Waals surface area contributed by atoms with Crippen molar-refractivity contribution in [2.24, 2.45) is 5.92 Å². The Morgan fingerprint density at radius 1 is 0.864 bits per heavy atom. The molecule has 1 saturated heterocycles. The number of rotatable bonds is 3. The van der Waals surface area contributed by atoms with Gasteiger partial charge in [0.15, 0.2) is 0 Å². The Bertz CT molecular complexity index is 608. The van der Waals surface area contributed by atoms with E-state index in [9.17, 15) is 13.9 Å². The highest BCUT2D eigenvalue weighted by Crippen LogP contribution is 2.43. The second kappa shape index (κ2) is 6.15. The van der Waals surface area contributed by atoms with Gasteiger partial charge in [-0.2, -0.15) is 0 Å². The summed E-state index contributed by atoms with van der Waals surface area (Å²) in [5, 5.41) is 15.7. The van der Waals surface area contributed by atoms with Crippen molar-refractivity contribution in [1.82, 2.24) is 5.32 Å². The molecular formula is C18H18F2NO. The van der Waals surface area contributed by atoms with Gasteiger partial charge in [0.2, 0.25) is 0 Å². The second-order valence-corrected chi connectivity index (χ2v) is 5.67. The van der Waals surface area contributed by atoms with E-state index in [0.717, 1.165) is 0 Å². The quantitative estimate of drug-likeness (QED) is 0.928. The van der Waals surface area contributed by atoms with Crippen molar-refractivity contribution in [3.05, 3.63) is 71.3 Å². The second-order valence-electron chi connectivity index (χ2n) is 5.67. The fraction of sp³-hybridized carbons (Fsp3) is 0.333. The van der Waals surface area contributed by atoms with Crippen LogP contribution in [0.1, 0.15) is 24.0 Å². The van der Waals surface area contributed by atoms with Crippen molar-refractivity contribution >= 4 is 0 Å². The van der Waals surface area contributed by atoms with Gasteiger partial charge in [-0.05, 0) is 30.9 Å². The van der Waals surface area contributed by atoms with Gasteiger partial charge >= 0.3 is 0 Å². The van der Waals surface area contributed by atoms with Crippen LogP contribution in [0.2, 0.25) is 0 Å². The zero-order valence-corrected chi connectivity index (χ0v) is 12.2. The summed E-state index contributed by atoms with van der Waals surface area (Å²) in [5.74, 6) is -1.30. The minimum absolute atomic E-state index is 0.131. The fourth-order valence-corrected chi connectivity index (χ4v) is 3.29. The molecule has 3 rings (SSSR count). The normalized spacial score (nSPS) is 16.7. The molecule has 0 atom stereocenters. The first kappa shape index (κ1) is 15.1. The molecule has 0 amide bonds. The summed E-state index contributed by atoms with van der Waals surface area (Å²) in [7, 11) is 0. The molecule has 22 heavy (non-hydrogen) atoms. The number of piperidine rings is 1. The molecule has 1 fully saturated rings. The van der Waals surface area contributed by atoms with Crippen LogP contribution in [0.4, 0.5) is 8.78 Å². The van der Waals surface area contributed by atoms with Crippen molar-refractivity contribution in [2.75, 3.05) is 13.1 Å². The van der Waals surface area contributed by atoms with E-state index < -0.39 is 17.2 Å². The molecule has 0 unspecified atom stereocenters. The van der Waals surface area contributed by atoms with E-state index in [0.29, 0.717) is 25.9 Å². The van der Waals surface area contributed by atoms with E-state index in [1.807, 2.05) is 0 Å². The summed E-state index contributed by atoms with van der Waals surface area (Å²) in [5.41, 5.74) is -1.41. The molecule has 0 saturated carbocycles. The van der Waals surface area contributed by atoms with Crippen molar-refractivity contribution in [3.63, 3.8) is 0 Å². The van der Waals surface area contributed by atoms with Gasteiger partial charge in [0.25, 0.3) is 0 Å². The summed E-state index contributed by atoms with van der Waals surface area (Å²) in [6.07, 6.45) is 1.22. The van der Waals surface area contributed by atoms with Gasteiger partial charge in [0.05, 0.1) is 0 Å². The first-order valence-corrected chi connectivity index (χ1v) is 7.49. The van der Waals surface area contributed by atoms with Crippen molar-refractivity contribution < 1.29 is 13.9 Å². The Morgan fingerprint density at radius 3 is 1.77 bits per heavy atom. The van der Waals surface area contributed by atoms with Crippen molar-refractivity contribution in [2.45, 2.75) is 18.4 Å². The van der Waals surface area contributed by atoms with Gasteiger partial charge < -0.3 is 5.11 Å². The molecule has 2 aromatic rings. The molecule has 115 valence electrons. The third-order valence-corrected chi connectivity index (χ3v) is 4.43.